The number of hydrogen-bond donors (Lipinski definition) is 2. The fourth-order valence-corrected chi connectivity index (χ4v) is 2.94. The van der Waals surface area contributed by atoms with Crippen LogP contribution < -0.4 is 10.6 Å². The lowest BCUT2D eigenvalue weighted by Gasteiger charge is -2.09. The molecule has 0 aliphatic rings. The summed E-state index contributed by atoms with van der Waals surface area (Å²) in [7, 11) is 0. The van der Waals surface area contributed by atoms with Crippen molar-refractivity contribution < 1.29 is 9.18 Å². The number of rotatable bonds is 9. The summed E-state index contributed by atoms with van der Waals surface area (Å²) in [5.41, 5.74) is 3.09. The maximum Gasteiger partial charge on any atom is 0.269 e. The van der Waals surface area contributed by atoms with Gasteiger partial charge in [0.05, 0.1) is 0 Å². The van der Waals surface area contributed by atoms with Gasteiger partial charge >= 0.3 is 0 Å². The van der Waals surface area contributed by atoms with E-state index in [4.69, 9.17) is 0 Å². The molecule has 3 rings (SSSR count). The molecule has 0 atom stereocenters. The molecule has 1 aromatic heterocycles. The van der Waals surface area contributed by atoms with Crippen LogP contribution in [-0.2, 0) is 12.8 Å². The summed E-state index contributed by atoms with van der Waals surface area (Å²) < 4.78 is 13.7. The molecule has 0 fully saturated rings. The maximum atomic E-state index is 13.7. The van der Waals surface area contributed by atoms with Gasteiger partial charge in [-0.1, -0.05) is 48.5 Å². The standard InChI is InChI=1S/C23H24FN3O/c24-21-11-5-4-10-19(21)12-15-25-20-13-16-26-22(17-20)23(28)27-14-6-9-18-7-2-1-3-8-18/h1-5,7-8,10-11,13,16-17H,6,9,12,14-15H2,(H,25,26)(H,27,28). The SMILES string of the molecule is O=C(NCCCc1ccccc1)c1cc(NCCc2ccccc2F)ccn1. The van der Waals surface area contributed by atoms with E-state index in [9.17, 15) is 9.18 Å². The Hall–Kier alpha value is -3.21. The molecule has 0 unspecified atom stereocenters. The number of pyridine rings is 1. The third kappa shape index (κ3) is 5.91. The van der Waals surface area contributed by atoms with Crippen LogP contribution in [0.2, 0.25) is 0 Å². The number of nitrogens with zero attached hydrogens (tertiary/aromatic N) is 1. The van der Waals surface area contributed by atoms with Gasteiger partial charge in [-0.15, -0.1) is 0 Å². The summed E-state index contributed by atoms with van der Waals surface area (Å²) >= 11 is 0. The summed E-state index contributed by atoms with van der Waals surface area (Å²) in [5.74, 6) is -0.389. The molecule has 1 amide bonds. The van der Waals surface area contributed by atoms with Gasteiger partial charge < -0.3 is 10.6 Å². The van der Waals surface area contributed by atoms with Crippen LogP contribution in [0.3, 0.4) is 0 Å². The Morgan fingerprint density at radius 3 is 2.54 bits per heavy atom. The van der Waals surface area contributed by atoms with Crippen molar-refractivity contribution in [2.45, 2.75) is 19.3 Å². The molecule has 0 radical (unpaired) electrons. The number of anilines is 1. The van der Waals surface area contributed by atoms with Gasteiger partial charge in [-0.3, -0.25) is 9.78 Å². The first-order valence-electron chi connectivity index (χ1n) is 9.48. The van der Waals surface area contributed by atoms with Gasteiger partial charge in [0.25, 0.3) is 5.91 Å². The second kappa shape index (κ2) is 10.2. The topological polar surface area (TPSA) is 54.0 Å². The summed E-state index contributed by atoms with van der Waals surface area (Å²) in [5, 5.41) is 6.12. The zero-order valence-electron chi connectivity index (χ0n) is 15.7. The number of carbonyl (C=O) groups excluding carboxylic acids is 1. The Bertz CT molecular complexity index is 899. The van der Waals surface area contributed by atoms with Crippen molar-refractivity contribution in [2.24, 2.45) is 0 Å². The van der Waals surface area contributed by atoms with Crippen LogP contribution in [0.5, 0.6) is 0 Å². The number of nitrogens with one attached hydrogen (secondary N) is 2. The minimum atomic E-state index is -0.199. The summed E-state index contributed by atoms with van der Waals surface area (Å²) in [6.45, 7) is 1.17. The predicted molar refractivity (Wildman–Crippen MR) is 110 cm³/mol. The molecular formula is C23H24FN3O. The monoisotopic (exact) mass is 377 g/mol. The van der Waals surface area contributed by atoms with Crippen LogP contribution in [0.4, 0.5) is 10.1 Å². The van der Waals surface area contributed by atoms with Gasteiger partial charge in [0.2, 0.25) is 0 Å². The first-order chi connectivity index (χ1) is 13.7. The van der Waals surface area contributed by atoms with E-state index in [2.05, 4.69) is 27.8 Å². The van der Waals surface area contributed by atoms with Gasteiger partial charge in [0.1, 0.15) is 11.5 Å². The Balaban J connectivity index is 1.44. The Labute approximate surface area is 164 Å². The molecule has 2 aromatic carbocycles. The van der Waals surface area contributed by atoms with Crippen LogP contribution in [0, 0.1) is 5.82 Å². The van der Waals surface area contributed by atoms with Crippen LogP contribution in [0.15, 0.2) is 72.9 Å². The van der Waals surface area contributed by atoms with Crippen molar-refractivity contribution in [1.29, 1.82) is 0 Å². The lowest BCUT2D eigenvalue weighted by Crippen LogP contribution is -2.25. The molecule has 5 heteroatoms. The number of carbonyl (C=O) groups is 1. The fourth-order valence-electron chi connectivity index (χ4n) is 2.94. The molecule has 0 saturated carbocycles. The number of benzene rings is 2. The molecule has 0 aliphatic heterocycles. The summed E-state index contributed by atoms with van der Waals surface area (Å²) in [4.78, 5) is 16.4. The molecule has 3 aromatic rings. The molecule has 0 aliphatic carbocycles. The lowest BCUT2D eigenvalue weighted by atomic mass is 10.1. The number of aryl methyl sites for hydroxylation is 1. The molecule has 144 valence electrons. The molecule has 2 N–H and O–H groups in total. The van der Waals surface area contributed by atoms with E-state index in [0.717, 1.165) is 18.5 Å². The van der Waals surface area contributed by atoms with Crippen molar-refractivity contribution in [3.63, 3.8) is 0 Å². The zero-order chi connectivity index (χ0) is 19.6. The maximum absolute atomic E-state index is 13.7. The average molecular weight is 377 g/mol. The predicted octanol–water partition coefficient (Wildman–Crippen LogP) is 4.24. The van der Waals surface area contributed by atoms with Crippen LogP contribution in [-0.4, -0.2) is 24.0 Å². The van der Waals surface area contributed by atoms with E-state index in [-0.39, 0.29) is 11.7 Å². The highest BCUT2D eigenvalue weighted by molar-refractivity contribution is 5.93. The smallest absolute Gasteiger partial charge is 0.269 e. The molecule has 4 nitrogen and oxygen atoms in total. The lowest BCUT2D eigenvalue weighted by molar-refractivity contribution is 0.0948. The molecular weight excluding hydrogens is 353 g/mol. The molecule has 0 saturated heterocycles. The largest absolute Gasteiger partial charge is 0.385 e. The number of amides is 1. The highest BCUT2D eigenvalue weighted by Gasteiger charge is 2.07. The third-order valence-electron chi connectivity index (χ3n) is 4.44. The van der Waals surface area contributed by atoms with Gasteiger partial charge in [0.15, 0.2) is 0 Å². The van der Waals surface area contributed by atoms with Crippen molar-refractivity contribution in [3.8, 4) is 0 Å². The summed E-state index contributed by atoms with van der Waals surface area (Å²) in [6.07, 6.45) is 3.96. The Kier molecular flexibility index (Phi) is 7.13. The van der Waals surface area contributed by atoms with Crippen molar-refractivity contribution in [1.82, 2.24) is 10.3 Å². The van der Waals surface area contributed by atoms with Crippen molar-refractivity contribution in [2.75, 3.05) is 18.4 Å². The number of aromatic nitrogens is 1. The van der Waals surface area contributed by atoms with E-state index < -0.39 is 0 Å². The second-order valence-corrected chi connectivity index (χ2v) is 6.54. The normalized spacial score (nSPS) is 10.5. The first-order valence-corrected chi connectivity index (χ1v) is 9.48. The van der Waals surface area contributed by atoms with Crippen LogP contribution in [0.25, 0.3) is 0 Å². The van der Waals surface area contributed by atoms with Gasteiger partial charge in [-0.2, -0.15) is 0 Å². The van der Waals surface area contributed by atoms with Crippen LogP contribution in [0.1, 0.15) is 28.0 Å². The van der Waals surface area contributed by atoms with Gasteiger partial charge in [-0.25, -0.2) is 4.39 Å². The van der Waals surface area contributed by atoms with E-state index in [1.807, 2.05) is 24.3 Å². The quantitative estimate of drug-likeness (QED) is 0.549. The second-order valence-electron chi connectivity index (χ2n) is 6.54. The van der Waals surface area contributed by atoms with E-state index >= 15 is 0 Å². The Morgan fingerprint density at radius 1 is 0.929 bits per heavy atom. The van der Waals surface area contributed by atoms with Gasteiger partial charge in [-0.05, 0) is 48.6 Å². The molecule has 28 heavy (non-hydrogen) atoms. The minimum Gasteiger partial charge on any atom is -0.385 e. The third-order valence-corrected chi connectivity index (χ3v) is 4.44. The van der Waals surface area contributed by atoms with Crippen molar-refractivity contribution in [3.05, 3.63) is 95.6 Å². The number of halogens is 1. The van der Waals surface area contributed by atoms with Crippen LogP contribution >= 0.6 is 0 Å². The van der Waals surface area contributed by atoms with E-state index in [1.165, 1.54) is 11.6 Å². The van der Waals surface area contributed by atoms with E-state index in [0.29, 0.717) is 30.8 Å². The Morgan fingerprint density at radius 2 is 1.71 bits per heavy atom. The van der Waals surface area contributed by atoms with E-state index in [1.54, 1.807) is 30.5 Å². The highest BCUT2D eigenvalue weighted by Crippen LogP contribution is 2.11. The van der Waals surface area contributed by atoms with Gasteiger partial charge in [0, 0.05) is 25.0 Å². The molecule has 1 heterocycles. The molecule has 0 bridgehead atoms. The molecule has 0 spiro atoms. The zero-order valence-corrected chi connectivity index (χ0v) is 15.7. The van der Waals surface area contributed by atoms with Crippen molar-refractivity contribution >= 4 is 11.6 Å². The number of hydrogen-bond acceptors (Lipinski definition) is 3. The average Bonchev–Trinajstić information content (AvgIpc) is 2.73. The fraction of sp³-hybridized carbons (Fsp3) is 0.217. The highest BCUT2D eigenvalue weighted by atomic mass is 19.1. The minimum absolute atomic E-state index is 0.189. The summed E-state index contributed by atoms with van der Waals surface area (Å²) in [6, 6.07) is 20.4. The first kappa shape index (κ1) is 19.5.